The van der Waals surface area contributed by atoms with Crippen molar-refractivity contribution in [2.45, 2.75) is 43.1 Å². The van der Waals surface area contributed by atoms with E-state index in [4.69, 9.17) is 0 Å². The second kappa shape index (κ2) is 7.65. The van der Waals surface area contributed by atoms with Gasteiger partial charge in [-0.05, 0) is 48.9 Å². The lowest BCUT2D eigenvalue weighted by molar-refractivity contribution is -0.123. The van der Waals surface area contributed by atoms with Gasteiger partial charge < -0.3 is 10.6 Å². The smallest absolute Gasteiger partial charge is 0.236 e. The number of pyridine rings is 1. The molecule has 5 heteroatoms. The van der Waals surface area contributed by atoms with Gasteiger partial charge in [0.15, 0.2) is 0 Å². The quantitative estimate of drug-likeness (QED) is 0.615. The summed E-state index contributed by atoms with van der Waals surface area (Å²) in [4.78, 5) is 30.4. The first-order valence-electron chi connectivity index (χ1n) is 10.8. The molecule has 2 amide bonds. The number of benzene rings is 2. The lowest BCUT2D eigenvalue weighted by Gasteiger charge is -2.17. The molecule has 2 saturated carbocycles. The molecule has 0 spiro atoms. The average Bonchev–Trinajstić information content (AvgIpc) is 3.73. The topological polar surface area (TPSA) is 71.1 Å². The number of carbonyl (C=O) groups excluding carboxylic acids is 2. The first-order valence-corrected chi connectivity index (χ1v) is 10.8. The number of amides is 2. The van der Waals surface area contributed by atoms with Gasteiger partial charge in [0.25, 0.3) is 0 Å². The maximum Gasteiger partial charge on any atom is 0.236 e. The Kier molecular flexibility index (Phi) is 4.81. The third-order valence-electron chi connectivity index (χ3n) is 6.50. The summed E-state index contributed by atoms with van der Waals surface area (Å²) >= 11 is 0. The molecule has 2 aliphatic carbocycles. The van der Waals surface area contributed by atoms with Crippen molar-refractivity contribution in [2.24, 2.45) is 0 Å². The van der Waals surface area contributed by atoms with Gasteiger partial charge >= 0.3 is 0 Å². The standard InChI is InChI=1S/C26H25N3O2/c30-23(25(14-15-25)19-8-3-1-4-9-19)27-18-21-12-7-13-22(28-21)29-24(31)26(16-17-26)20-10-5-2-6-11-20/h1-13H,14-18H2,(H,27,30)(H,28,29,31). The van der Waals surface area contributed by atoms with Crippen LogP contribution in [0.2, 0.25) is 0 Å². The highest BCUT2D eigenvalue weighted by molar-refractivity contribution is 6.00. The van der Waals surface area contributed by atoms with E-state index < -0.39 is 10.8 Å². The van der Waals surface area contributed by atoms with E-state index in [9.17, 15) is 9.59 Å². The van der Waals surface area contributed by atoms with E-state index in [0.29, 0.717) is 12.4 Å². The summed E-state index contributed by atoms with van der Waals surface area (Å²) < 4.78 is 0. The van der Waals surface area contributed by atoms with Gasteiger partial charge in [-0.25, -0.2) is 4.98 Å². The van der Waals surface area contributed by atoms with Crippen LogP contribution in [0.4, 0.5) is 5.82 Å². The van der Waals surface area contributed by atoms with E-state index in [1.54, 1.807) is 6.07 Å². The molecule has 2 aliphatic rings. The lowest BCUT2D eigenvalue weighted by Crippen LogP contribution is -2.34. The van der Waals surface area contributed by atoms with E-state index in [0.717, 1.165) is 42.5 Å². The monoisotopic (exact) mass is 411 g/mol. The molecule has 2 aromatic carbocycles. The Morgan fingerprint density at radius 1 is 0.710 bits per heavy atom. The van der Waals surface area contributed by atoms with Crippen LogP contribution in [-0.2, 0) is 27.0 Å². The molecule has 2 fully saturated rings. The molecule has 1 aromatic heterocycles. The van der Waals surface area contributed by atoms with Crippen molar-refractivity contribution in [1.82, 2.24) is 10.3 Å². The van der Waals surface area contributed by atoms with Crippen molar-refractivity contribution in [3.63, 3.8) is 0 Å². The lowest BCUT2D eigenvalue weighted by atomic mass is 9.95. The van der Waals surface area contributed by atoms with Crippen molar-refractivity contribution in [3.8, 4) is 0 Å². The number of hydrogen-bond acceptors (Lipinski definition) is 3. The Morgan fingerprint density at radius 2 is 1.26 bits per heavy atom. The molecule has 5 rings (SSSR count). The van der Waals surface area contributed by atoms with E-state index in [2.05, 4.69) is 15.6 Å². The SMILES string of the molecule is O=C(NCc1cccc(NC(=O)C2(c3ccccc3)CC2)n1)C1(c2ccccc2)CC1. The van der Waals surface area contributed by atoms with Crippen LogP contribution in [-0.4, -0.2) is 16.8 Å². The molecular formula is C26H25N3O2. The third-order valence-corrected chi connectivity index (χ3v) is 6.50. The zero-order chi connectivity index (χ0) is 21.3. The number of aromatic nitrogens is 1. The van der Waals surface area contributed by atoms with Gasteiger partial charge in [0, 0.05) is 0 Å². The molecule has 0 bridgehead atoms. The van der Waals surface area contributed by atoms with Crippen LogP contribution in [0.25, 0.3) is 0 Å². The van der Waals surface area contributed by atoms with Crippen LogP contribution < -0.4 is 10.6 Å². The van der Waals surface area contributed by atoms with Crippen molar-refractivity contribution in [1.29, 1.82) is 0 Å². The van der Waals surface area contributed by atoms with Gasteiger partial charge in [-0.2, -0.15) is 0 Å². The predicted molar refractivity (Wildman–Crippen MR) is 119 cm³/mol. The van der Waals surface area contributed by atoms with Crippen LogP contribution in [0.1, 0.15) is 42.5 Å². The number of carbonyl (C=O) groups is 2. The molecule has 3 aromatic rings. The van der Waals surface area contributed by atoms with Crippen LogP contribution in [0.5, 0.6) is 0 Å². The van der Waals surface area contributed by atoms with Gasteiger partial charge in [0.05, 0.1) is 23.1 Å². The third kappa shape index (κ3) is 3.72. The fraction of sp³-hybridized carbons (Fsp3) is 0.269. The number of anilines is 1. The molecule has 2 N–H and O–H groups in total. The minimum absolute atomic E-state index is 0.0200. The molecule has 0 aliphatic heterocycles. The fourth-order valence-corrected chi connectivity index (χ4v) is 4.28. The average molecular weight is 412 g/mol. The van der Waals surface area contributed by atoms with Gasteiger partial charge in [0.1, 0.15) is 5.82 Å². The van der Waals surface area contributed by atoms with Crippen molar-refractivity contribution >= 4 is 17.6 Å². The molecule has 31 heavy (non-hydrogen) atoms. The van der Waals surface area contributed by atoms with Crippen LogP contribution in [0.3, 0.4) is 0 Å². The maximum atomic E-state index is 13.0. The molecule has 0 saturated heterocycles. The fourth-order valence-electron chi connectivity index (χ4n) is 4.28. The minimum atomic E-state index is -0.443. The van der Waals surface area contributed by atoms with Gasteiger partial charge in [-0.15, -0.1) is 0 Å². The summed E-state index contributed by atoms with van der Waals surface area (Å²) in [5, 5.41) is 6.01. The molecule has 156 valence electrons. The van der Waals surface area contributed by atoms with Crippen LogP contribution >= 0.6 is 0 Å². The van der Waals surface area contributed by atoms with Gasteiger partial charge in [-0.1, -0.05) is 66.7 Å². The molecule has 0 radical (unpaired) electrons. The molecule has 1 heterocycles. The Morgan fingerprint density at radius 3 is 1.81 bits per heavy atom. The second-order valence-electron chi connectivity index (χ2n) is 8.55. The summed E-state index contributed by atoms with van der Waals surface area (Å²) in [6.07, 6.45) is 3.43. The van der Waals surface area contributed by atoms with Crippen molar-refractivity contribution in [3.05, 3.63) is 95.7 Å². The van der Waals surface area contributed by atoms with E-state index in [1.165, 1.54) is 0 Å². The highest BCUT2D eigenvalue weighted by Gasteiger charge is 2.52. The summed E-state index contributed by atoms with van der Waals surface area (Å²) in [6.45, 7) is 0.334. The van der Waals surface area contributed by atoms with Crippen molar-refractivity contribution in [2.75, 3.05) is 5.32 Å². The highest BCUT2D eigenvalue weighted by Crippen LogP contribution is 2.49. The highest BCUT2D eigenvalue weighted by atomic mass is 16.2. The van der Waals surface area contributed by atoms with Crippen LogP contribution in [0, 0.1) is 0 Å². The Hall–Kier alpha value is -3.47. The summed E-state index contributed by atoms with van der Waals surface area (Å²) in [6, 6.07) is 25.3. The van der Waals surface area contributed by atoms with E-state index in [1.807, 2.05) is 72.8 Å². The number of nitrogens with one attached hydrogen (secondary N) is 2. The van der Waals surface area contributed by atoms with Crippen molar-refractivity contribution < 1.29 is 9.59 Å². The molecule has 0 unspecified atom stereocenters. The summed E-state index contributed by atoms with van der Waals surface area (Å²) in [5.74, 6) is 0.535. The Labute approximate surface area is 181 Å². The second-order valence-corrected chi connectivity index (χ2v) is 8.55. The minimum Gasteiger partial charge on any atom is -0.350 e. The first kappa shape index (κ1) is 19.5. The molecular weight excluding hydrogens is 386 g/mol. The summed E-state index contributed by atoms with van der Waals surface area (Å²) in [5.41, 5.74) is 1.99. The van der Waals surface area contributed by atoms with Crippen LogP contribution in [0.15, 0.2) is 78.9 Å². The summed E-state index contributed by atoms with van der Waals surface area (Å²) in [7, 11) is 0. The number of rotatable bonds is 7. The van der Waals surface area contributed by atoms with E-state index >= 15 is 0 Å². The first-order chi connectivity index (χ1) is 15.1. The number of hydrogen-bond donors (Lipinski definition) is 2. The zero-order valence-corrected chi connectivity index (χ0v) is 17.3. The molecule has 0 atom stereocenters. The normalized spacial score (nSPS) is 17.4. The zero-order valence-electron chi connectivity index (χ0n) is 17.3. The largest absolute Gasteiger partial charge is 0.350 e. The maximum absolute atomic E-state index is 13.0. The molecule has 5 nitrogen and oxygen atoms in total. The Bertz CT molecular complexity index is 1100. The van der Waals surface area contributed by atoms with E-state index in [-0.39, 0.29) is 11.8 Å². The predicted octanol–water partition coefficient (Wildman–Crippen LogP) is 4.10. The number of nitrogens with zero attached hydrogens (tertiary/aromatic N) is 1. The van der Waals surface area contributed by atoms with Gasteiger partial charge in [0.2, 0.25) is 11.8 Å². The Balaban J connectivity index is 1.23. The van der Waals surface area contributed by atoms with Gasteiger partial charge in [-0.3, -0.25) is 9.59 Å².